The summed E-state index contributed by atoms with van der Waals surface area (Å²) in [6, 6.07) is 18.3. The van der Waals surface area contributed by atoms with Crippen LogP contribution in [0.15, 0.2) is 70.7 Å². The molecule has 4 aromatic rings. The molecular formula is C16H12N2O2S. The van der Waals surface area contributed by atoms with Gasteiger partial charge in [-0.15, -0.1) is 0 Å². The molecule has 0 spiro atoms. The van der Waals surface area contributed by atoms with Gasteiger partial charge >= 0.3 is 0 Å². The highest BCUT2D eigenvalue weighted by Gasteiger charge is 2.22. The molecule has 5 heteroatoms. The Hall–Kier alpha value is -2.53. The van der Waals surface area contributed by atoms with E-state index in [1.54, 1.807) is 12.1 Å². The third kappa shape index (κ3) is 1.86. The van der Waals surface area contributed by atoms with E-state index in [0.29, 0.717) is 0 Å². The number of fused-ring (bicyclic) bond motifs is 2. The average molecular weight is 296 g/mol. The van der Waals surface area contributed by atoms with Gasteiger partial charge in [0, 0.05) is 21.8 Å². The minimum Gasteiger partial charge on any atom is -0.345 e. The molecule has 0 aliphatic heterocycles. The van der Waals surface area contributed by atoms with Crippen LogP contribution in [0.2, 0.25) is 0 Å². The van der Waals surface area contributed by atoms with Gasteiger partial charge < -0.3 is 9.97 Å². The van der Waals surface area contributed by atoms with Gasteiger partial charge in [-0.25, -0.2) is 8.42 Å². The molecule has 0 unspecified atom stereocenters. The summed E-state index contributed by atoms with van der Waals surface area (Å²) in [6.07, 6.45) is 0. The van der Waals surface area contributed by atoms with Crippen LogP contribution in [0.3, 0.4) is 0 Å². The number of benzene rings is 2. The molecule has 0 bridgehead atoms. The van der Waals surface area contributed by atoms with Crippen molar-refractivity contribution in [2.75, 3.05) is 0 Å². The van der Waals surface area contributed by atoms with Gasteiger partial charge in [-0.3, -0.25) is 0 Å². The fourth-order valence-corrected chi connectivity index (χ4v) is 3.79. The number of H-pyrrole nitrogens is 2. The fourth-order valence-electron chi connectivity index (χ4n) is 2.50. The summed E-state index contributed by atoms with van der Waals surface area (Å²) in [6.45, 7) is 0. The lowest BCUT2D eigenvalue weighted by Gasteiger charge is -1.97. The molecule has 0 saturated carbocycles. The molecule has 0 aliphatic carbocycles. The van der Waals surface area contributed by atoms with Crippen molar-refractivity contribution in [3.8, 4) is 0 Å². The summed E-state index contributed by atoms with van der Waals surface area (Å²) in [7, 11) is -3.57. The summed E-state index contributed by atoms with van der Waals surface area (Å²) >= 11 is 0. The van der Waals surface area contributed by atoms with Crippen molar-refractivity contribution < 1.29 is 8.42 Å². The molecule has 0 aliphatic rings. The zero-order valence-corrected chi connectivity index (χ0v) is 11.8. The zero-order chi connectivity index (χ0) is 14.4. The Morgan fingerprint density at radius 2 is 1.10 bits per heavy atom. The first-order valence-electron chi connectivity index (χ1n) is 6.55. The first-order chi connectivity index (χ1) is 10.1. The lowest BCUT2D eigenvalue weighted by atomic mass is 10.3. The Labute approximate surface area is 121 Å². The van der Waals surface area contributed by atoms with Gasteiger partial charge in [0.25, 0.3) is 0 Å². The second kappa shape index (κ2) is 4.23. The largest absolute Gasteiger partial charge is 0.345 e. The van der Waals surface area contributed by atoms with Crippen LogP contribution in [0.4, 0.5) is 0 Å². The fraction of sp³-hybridized carbons (Fsp3) is 0. The van der Waals surface area contributed by atoms with Crippen molar-refractivity contribution in [3.63, 3.8) is 0 Å². The van der Waals surface area contributed by atoms with Gasteiger partial charge in [0.15, 0.2) is 0 Å². The molecular weight excluding hydrogens is 284 g/mol. The van der Waals surface area contributed by atoms with Crippen LogP contribution in [-0.4, -0.2) is 18.4 Å². The van der Waals surface area contributed by atoms with Gasteiger partial charge in [0.05, 0.1) is 0 Å². The number of hydrogen-bond donors (Lipinski definition) is 2. The molecule has 4 nitrogen and oxygen atoms in total. The quantitative estimate of drug-likeness (QED) is 0.594. The molecule has 0 fully saturated rings. The van der Waals surface area contributed by atoms with Gasteiger partial charge in [-0.1, -0.05) is 36.4 Å². The molecule has 21 heavy (non-hydrogen) atoms. The number of sulfone groups is 1. The third-order valence-corrected chi connectivity index (χ3v) is 5.19. The highest BCUT2D eigenvalue weighted by atomic mass is 32.2. The Morgan fingerprint density at radius 1 is 0.667 bits per heavy atom. The number of aromatic nitrogens is 2. The highest BCUT2D eigenvalue weighted by Crippen LogP contribution is 2.26. The molecule has 0 radical (unpaired) electrons. The van der Waals surface area contributed by atoms with Crippen LogP contribution >= 0.6 is 0 Å². The Morgan fingerprint density at radius 3 is 1.52 bits per heavy atom. The highest BCUT2D eigenvalue weighted by molar-refractivity contribution is 7.91. The molecule has 0 saturated heterocycles. The van der Waals surface area contributed by atoms with Crippen molar-refractivity contribution in [1.82, 2.24) is 9.97 Å². The van der Waals surface area contributed by atoms with Crippen molar-refractivity contribution >= 4 is 31.6 Å². The van der Waals surface area contributed by atoms with E-state index in [0.717, 1.165) is 21.8 Å². The van der Waals surface area contributed by atoms with Crippen molar-refractivity contribution in [2.24, 2.45) is 0 Å². The zero-order valence-electron chi connectivity index (χ0n) is 11.0. The molecule has 104 valence electrons. The first kappa shape index (κ1) is 12.2. The van der Waals surface area contributed by atoms with E-state index in [1.807, 2.05) is 48.5 Å². The van der Waals surface area contributed by atoms with Gasteiger partial charge in [-0.2, -0.15) is 0 Å². The number of para-hydroxylation sites is 2. The number of aromatic amines is 2. The van der Waals surface area contributed by atoms with Gasteiger partial charge in [0.2, 0.25) is 9.84 Å². The second-order valence-corrected chi connectivity index (χ2v) is 6.83. The van der Waals surface area contributed by atoms with E-state index in [2.05, 4.69) is 9.97 Å². The van der Waals surface area contributed by atoms with E-state index in [4.69, 9.17) is 0 Å². The molecule has 2 aromatic heterocycles. The SMILES string of the molecule is O=S(=O)(c1cc2ccccc2[nH]1)c1cc2ccccc2[nH]1. The standard InChI is InChI=1S/C16H12N2O2S/c19-21(20,15-9-11-5-1-3-7-13(11)17-15)16-10-12-6-2-4-8-14(12)18-16/h1-10,17-18H. The summed E-state index contributed by atoms with van der Waals surface area (Å²) in [5.41, 5.74) is 1.62. The smallest absolute Gasteiger partial charge is 0.237 e. The molecule has 0 amide bonds. The van der Waals surface area contributed by atoms with Crippen LogP contribution in [0.25, 0.3) is 21.8 Å². The minimum atomic E-state index is -3.57. The summed E-state index contributed by atoms with van der Waals surface area (Å²) < 4.78 is 25.4. The van der Waals surface area contributed by atoms with Crippen molar-refractivity contribution in [3.05, 3.63) is 60.7 Å². The third-order valence-electron chi connectivity index (χ3n) is 3.59. The Balaban J connectivity index is 1.92. The monoisotopic (exact) mass is 296 g/mol. The van der Waals surface area contributed by atoms with Crippen LogP contribution in [-0.2, 0) is 9.84 Å². The number of rotatable bonds is 2. The molecule has 2 heterocycles. The maximum atomic E-state index is 12.7. The molecule has 2 N–H and O–H groups in total. The topological polar surface area (TPSA) is 65.7 Å². The van der Waals surface area contributed by atoms with E-state index >= 15 is 0 Å². The van der Waals surface area contributed by atoms with Crippen molar-refractivity contribution in [1.29, 1.82) is 0 Å². The molecule has 2 aromatic carbocycles. The summed E-state index contributed by atoms with van der Waals surface area (Å²) in [5, 5.41) is 2.17. The van der Waals surface area contributed by atoms with Gasteiger partial charge in [0.1, 0.15) is 10.1 Å². The maximum absolute atomic E-state index is 12.7. The van der Waals surface area contributed by atoms with Crippen LogP contribution in [0, 0.1) is 0 Å². The Kier molecular flexibility index (Phi) is 2.46. The number of hydrogen-bond acceptors (Lipinski definition) is 2. The second-order valence-electron chi connectivity index (χ2n) is 4.95. The first-order valence-corrected chi connectivity index (χ1v) is 8.03. The minimum absolute atomic E-state index is 0.204. The Bertz CT molecular complexity index is 912. The average Bonchev–Trinajstić information content (AvgIpc) is 3.11. The van der Waals surface area contributed by atoms with Crippen LogP contribution in [0.5, 0.6) is 0 Å². The van der Waals surface area contributed by atoms with E-state index in [1.165, 1.54) is 0 Å². The summed E-state index contributed by atoms with van der Waals surface area (Å²) in [5.74, 6) is 0. The van der Waals surface area contributed by atoms with Crippen LogP contribution < -0.4 is 0 Å². The lowest BCUT2D eigenvalue weighted by molar-refractivity contribution is 0.590. The lowest BCUT2D eigenvalue weighted by Crippen LogP contribution is -2.02. The predicted octanol–water partition coefficient (Wildman–Crippen LogP) is 3.48. The summed E-state index contributed by atoms with van der Waals surface area (Å²) in [4.78, 5) is 5.94. The number of nitrogens with one attached hydrogen (secondary N) is 2. The normalized spacial score (nSPS) is 12.2. The molecule has 0 atom stereocenters. The van der Waals surface area contributed by atoms with Crippen molar-refractivity contribution in [2.45, 2.75) is 10.1 Å². The van der Waals surface area contributed by atoms with Gasteiger partial charge in [-0.05, 0) is 24.3 Å². The van der Waals surface area contributed by atoms with E-state index in [-0.39, 0.29) is 10.1 Å². The van der Waals surface area contributed by atoms with Crippen LogP contribution in [0.1, 0.15) is 0 Å². The predicted molar refractivity (Wildman–Crippen MR) is 82.0 cm³/mol. The van der Waals surface area contributed by atoms with E-state index < -0.39 is 9.84 Å². The maximum Gasteiger partial charge on any atom is 0.237 e. The molecule has 4 rings (SSSR count). The van der Waals surface area contributed by atoms with E-state index in [9.17, 15) is 8.42 Å².